The summed E-state index contributed by atoms with van der Waals surface area (Å²) in [6.07, 6.45) is 5.59. The van der Waals surface area contributed by atoms with Crippen molar-refractivity contribution in [3.05, 3.63) is 33.8 Å². The van der Waals surface area contributed by atoms with Crippen molar-refractivity contribution in [2.24, 2.45) is 0 Å². The second-order valence-corrected chi connectivity index (χ2v) is 6.74. The minimum Gasteiger partial charge on any atom is -0.342 e. The van der Waals surface area contributed by atoms with Crippen LogP contribution in [-0.2, 0) is 17.6 Å². The van der Waals surface area contributed by atoms with E-state index in [1.54, 1.807) is 0 Å². The predicted molar refractivity (Wildman–Crippen MR) is 83.8 cm³/mol. The molecule has 3 nitrogen and oxygen atoms in total. The van der Waals surface area contributed by atoms with Crippen LogP contribution in [0.3, 0.4) is 0 Å². The van der Waals surface area contributed by atoms with Crippen LogP contribution < -0.4 is 5.32 Å². The van der Waals surface area contributed by atoms with Crippen LogP contribution in [-0.4, -0.2) is 36.5 Å². The lowest BCUT2D eigenvalue weighted by Crippen LogP contribution is -2.42. The van der Waals surface area contributed by atoms with E-state index < -0.39 is 0 Å². The molecule has 3 rings (SSSR count). The Kier molecular flexibility index (Phi) is 4.41. The van der Waals surface area contributed by atoms with Gasteiger partial charge in [-0.05, 0) is 55.4 Å². The fraction of sp³-hybridized carbons (Fsp3) is 0.562. The molecule has 20 heavy (non-hydrogen) atoms. The fourth-order valence-corrected chi connectivity index (χ4v) is 3.62. The molecule has 2 aliphatic rings. The van der Waals surface area contributed by atoms with Gasteiger partial charge in [0.2, 0.25) is 5.91 Å². The number of nitrogens with one attached hydrogen (secondary N) is 1. The summed E-state index contributed by atoms with van der Waals surface area (Å²) in [6, 6.07) is 6.97. The van der Waals surface area contributed by atoms with Gasteiger partial charge in [0.1, 0.15) is 0 Å². The molecular formula is C16H21BrN2O. The van der Waals surface area contributed by atoms with E-state index in [9.17, 15) is 4.79 Å². The van der Waals surface area contributed by atoms with Gasteiger partial charge in [-0.1, -0.05) is 22.0 Å². The molecule has 0 saturated carbocycles. The first-order chi connectivity index (χ1) is 9.72. The predicted octanol–water partition coefficient (Wildman–Crippen LogP) is 2.52. The molecule has 0 radical (unpaired) electrons. The standard InChI is InChI=1S/C16H21BrN2O/c17-14-5-3-13-10-15(6-4-12(13)9-14)18-11-16(20)19-7-1-2-8-19/h3,5,9,15,18H,1-2,4,6-8,10-11H2. The maximum Gasteiger partial charge on any atom is 0.236 e. The van der Waals surface area contributed by atoms with Crippen molar-refractivity contribution >= 4 is 21.8 Å². The number of hydrogen-bond donors (Lipinski definition) is 1. The van der Waals surface area contributed by atoms with Crippen molar-refractivity contribution in [3.63, 3.8) is 0 Å². The van der Waals surface area contributed by atoms with Gasteiger partial charge < -0.3 is 10.2 Å². The molecule has 1 aliphatic carbocycles. The van der Waals surface area contributed by atoms with Crippen LogP contribution in [0.4, 0.5) is 0 Å². The first-order valence-corrected chi connectivity index (χ1v) is 8.30. The van der Waals surface area contributed by atoms with Crippen LogP contribution in [0.2, 0.25) is 0 Å². The molecule has 1 aliphatic heterocycles. The van der Waals surface area contributed by atoms with Crippen molar-refractivity contribution in [2.75, 3.05) is 19.6 Å². The maximum atomic E-state index is 12.0. The van der Waals surface area contributed by atoms with E-state index in [1.807, 2.05) is 4.90 Å². The minimum atomic E-state index is 0.268. The summed E-state index contributed by atoms with van der Waals surface area (Å²) in [4.78, 5) is 14.0. The van der Waals surface area contributed by atoms with Gasteiger partial charge in [-0.25, -0.2) is 0 Å². The molecule has 1 amide bonds. The molecule has 1 atom stereocenters. The summed E-state index contributed by atoms with van der Waals surface area (Å²) >= 11 is 3.53. The smallest absolute Gasteiger partial charge is 0.236 e. The van der Waals surface area contributed by atoms with Crippen LogP contribution >= 0.6 is 15.9 Å². The van der Waals surface area contributed by atoms with E-state index in [0.29, 0.717) is 12.6 Å². The zero-order valence-corrected chi connectivity index (χ0v) is 13.3. The zero-order valence-electron chi connectivity index (χ0n) is 11.7. The van der Waals surface area contributed by atoms with Crippen LogP contribution in [0.1, 0.15) is 30.4 Å². The molecule has 1 N–H and O–H groups in total. The zero-order chi connectivity index (χ0) is 13.9. The first-order valence-electron chi connectivity index (χ1n) is 7.51. The van der Waals surface area contributed by atoms with Crippen molar-refractivity contribution in [3.8, 4) is 0 Å². The Morgan fingerprint density at radius 1 is 1.30 bits per heavy atom. The number of carbonyl (C=O) groups excluding carboxylic acids is 1. The molecule has 1 unspecified atom stereocenters. The lowest BCUT2D eigenvalue weighted by molar-refractivity contribution is -0.129. The number of fused-ring (bicyclic) bond motifs is 1. The Morgan fingerprint density at radius 2 is 2.10 bits per heavy atom. The lowest BCUT2D eigenvalue weighted by atomic mass is 9.88. The van der Waals surface area contributed by atoms with Crippen molar-refractivity contribution in [1.82, 2.24) is 10.2 Å². The van der Waals surface area contributed by atoms with E-state index in [-0.39, 0.29) is 5.91 Å². The van der Waals surface area contributed by atoms with Crippen LogP contribution in [0, 0.1) is 0 Å². The van der Waals surface area contributed by atoms with Crippen molar-refractivity contribution in [2.45, 2.75) is 38.1 Å². The van der Waals surface area contributed by atoms with E-state index in [4.69, 9.17) is 0 Å². The summed E-state index contributed by atoms with van der Waals surface area (Å²) in [5, 5.41) is 3.45. The second kappa shape index (κ2) is 6.27. The van der Waals surface area contributed by atoms with E-state index in [1.165, 1.54) is 11.1 Å². The van der Waals surface area contributed by atoms with Crippen molar-refractivity contribution in [1.29, 1.82) is 0 Å². The lowest BCUT2D eigenvalue weighted by Gasteiger charge is -2.26. The quantitative estimate of drug-likeness (QED) is 0.919. The van der Waals surface area contributed by atoms with Gasteiger partial charge in [0.25, 0.3) is 0 Å². The highest BCUT2D eigenvalue weighted by Crippen LogP contribution is 2.24. The van der Waals surface area contributed by atoms with Gasteiger partial charge in [-0.15, -0.1) is 0 Å². The Hall–Kier alpha value is -0.870. The number of nitrogens with zero attached hydrogens (tertiary/aromatic N) is 1. The normalized spacial score (nSPS) is 21.9. The molecular weight excluding hydrogens is 316 g/mol. The van der Waals surface area contributed by atoms with Gasteiger partial charge in [0.05, 0.1) is 6.54 Å². The van der Waals surface area contributed by atoms with Gasteiger partial charge in [0.15, 0.2) is 0 Å². The molecule has 1 aromatic carbocycles. The number of rotatable bonds is 3. The van der Waals surface area contributed by atoms with Crippen LogP contribution in [0.25, 0.3) is 0 Å². The highest BCUT2D eigenvalue weighted by Gasteiger charge is 2.21. The first kappa shape index (κ1) is 14.1. The maximum absolute atomic E-state index is 12.0. The Labute approximate surface area is 128 Å². The average molecular weight is 337 g/mol. The number of hydrogen-bond acceptors (Lipinski definition) is 2. The summed E-state index contributed by atoms with van der Waals surface area (Å²) < 4.78 is 1.16. The number of halogens is 1. The highest BCUT2D eigenvalue weighted by atomic mass is 79.9. The third-order valence-corrected chi connectivity index (χ3v) is 4.89. The number of benzene rings is 1. The number of carbonyl (C=O) groups is 1. The van der Waals surface area contributed by atoms with Gasteiger partial charge in [0, 0.05) is 23.6 Å². The summed E-state index contributed by atoms with van der Waals surface area (Å²) in [6.45, 7) is 2.39. The largest absolute Gasteiger partial charge is 0.342 e. The van der Waals surface area contributed by atoms with Gasteiger partial charge in [-0.3, -0.25) is 4.79 Å². The van der Waals surface area contributed by atoms with Gasteiger partial charge in [-0.2, -0.15) is 0 Å². The molecule has 1 heterocycles. The molecule has 1 fully saturated rings. The molecule has 1 saturated heterocycles. The highest BCUT2D eigenvalue weighted by molar-refractivity contribution is 9.10. The summed E-state index contributed by atoms with van der Waals surface area (Å²) in [5.74, 6) is 0.268. The number of likely N-dealkylation sites (tertiary alicyclic amines) is 1. The van der Waals surface area contributed by atoms with Crippen molar-refractivity contribution < 1.29 is 4.79 Å². The summed E-state index contributed by atoms with van der Waals surface area (Å²) in [7, 11) is 0. The van der Waals surface area contributed by atoms with E-state index >= 15 is 0 Å². The minimum absolute atomic E-state index is 0.268. The fourth-order valence-electron chi connectivity index (χ4n) is 3.21. The SMILES string of the molecule is O=C(CNC1CCc2cc(Br)ccc2C1)N1CCCC1. The molecule has 108 valence electrons. The number of amides is 1. The molecule has 1 aromatic rings. The third kappa shape index (κ3) is 3.23. The van der Waals surface area contributed by atoms with Crippen LogP contribution in [0.5, 0.6) is 0 Å². The Bertz CT molecular complexity index is 497. The molecule has 0 bridgehead atoms. The monoisotopic (exact) mass is 336 g/mol. The Morgan fingerprint density at radius 3 is 2.90 bits per heavy atom. The average Bonchev–Trinajstić information content (AvgIpc) is 2.99. The summed E-state index contributed by atoms with van der Waals surface area (Å²) in [5.41, 5.74) is 2.87. The number of aryl methyl sites for hydroxylation is 1. The third-order valence-electron chi connectivity index (χ3n) is 4.40. The Balaban J connectivity index is 1.52. The molecule has 0 spiro atoms. The topological polar surface area (TPSA) is 32.3 Å². The molecule has 0 aromatic heterocycles. The van der Waals surface area contributed by atoms with E-state index in [2.05, 4.69) is 39.4 Å². The van der Waals surface area contributed by atoms with E-state index in [0.717, 1.165) is 49.7 Å². The molecule has 4 heteroatoms. The second-order valence-electron chi connectivity index (χ2n) is 5.82. The van der Waals surface area contributed by atoms with Gasteiger partial charge >= 0.3 is 0 Å². The van der Waals surface area contributed by atoms with Crippen LogP contribution in [0.15, 0.2) is 22.7 Å².